The molecule has 2 aromatic rings. The molecule has 0 atom stereocenters. The molecule has 0 aliphatic heterocycles. The highest BCUT2D eigenvalue weighted by Crippen LogP contribution is 2.21. The monoisotopic (exact) mass is 346 g/mol. The molecule has 0 unspecified atom stereocenters. The van der Waals surface area contributed by atoms with Gasteiger partial charge in [0.25, 0.3) is 15.9 Å². The average molecular weight is 346 g/mol. The first kappa shape index (κ1) is 18.0. The minimum absolute atomic E-state index is 0.152. The van der Waals surface area contributed by atoms with Crippen molar-refractivity contribution in [2.45, 2.75) is 24.7 Å². The first-order chi connectivity index (χ1) is 11.5. The number of anilines is 1. The van der Waals surface area contributed by atoms with E-state index < -0.39 is 10.0 Å². The van der Waals surface area contributed by atoms with Crippen LogP contribution in [0.2, 0.25) is 0 Å². The van der Waals surface area contributed by atoms with Gasteiger partial charge in [0.15, 0.2) is 0 Å². The summed E-state index contributed by atoms with van der Waals surface area (Å²) in [5.41, 5.74) is 1.03. The van der Waals surface area contributed by atoms with Crippen LogP contribution >= 0.6 is 0 Å². The maximum absolute atomic E-state index is 12.7. The molecule has 0 aromatic heterocycles. The van der Waals surface area contributed by atoms with E-state index in [9.17, 15) is 13.2 Å². The number of para-hydroxylation sites is 1. The molecule has 24 heavy (non-hydrogen) atoms. The Balaban J connectivity index is 2.16. The zero-order chi connectivity index (χ0) is 17.6. The molecular formula is C18H22N2O3S. The van der Waals surface area contributed by atoms with Crippen LogP contribution in [0.4, 0.5) is 5.69 Å². The van der Waals surface area contributed by atoms with Crippen molar-refractivity contribution in [3.05, 3.63) is 60.2 Å². The SMILES string of the molecule is CCCCNC(=O)c1ccc(S(=O)(=O)N(C)c2ccccc2)cc1. The molecule has 0 heterocycles. The van der Waals surface area contributed by atoms with Crippen LogP contribution in [0.15, 0.2) is 59.5 Å². The van der Waals surface area contributed by atoms with Crippen LogP contribution in [0.5, 0.6) is 0 Å². The number of benzene rings is 2. The Morgan fingerprint density at radius 3 is 2.25 bits per heavy atom. The number of carbonyl (C=O) groups excluding carboxylic acids is 1. The summed E-state index contributed by atoms with van der Waals surface area (Å²) in [7, 11) is -2.14. The quantitative estimate of drug-likeness (QED) is 0.784. The molecule has 0 saturated heterocycles. The molecule has 1 amide bonds. The molecule has 2 rings (SSSR count). The first-order valence-electron chi connectivity index (χ1n) is 7.89. The Bertz CT molecular complexity index is 772. The van der Waals surface area contributed by atoms with E-state index in [1.165, 1.54) is 35.6 Å². The van der Waals surface area contributed by atoms with Crippen molar-refractivity contribution >= 4 is 21.6 Å². The summed E-state index contributed by atoms with van der Waals surface area (Å²) in [6.45, 7) is 2.67. The third-order valence-corrected chi connectivity index (χ3v) is 5.51. The van der Waals surface area contributed by atoms with E-state index in [0.717, 1.165) is 12.8 Å². The summed E-state index contributed by atoms with van der Waals surface area (Å²) in [4.78, 5) is 12.1. The van der Waals surface area contributed by atoms with Crippen LogP contribution in [-0.4, -0.2) is 27.9 Å². The number of amides is 1. The summed E-state index contributed by atoms with van der Waals surface area (Å²) >= 11 is 0. The molecule has 0 aliphatic carbocycles. The number of sulfonamides is 1. The molecule has 0 saturated carbocycles. The van der Waals surface area contributed by atoms with Crippen LogP contribution in [0.1, 0.15) is 30.1 Å². The Hall–Kier alpha value is -2.34. The summed E-state index contributed by atoms with van der Waals surface area (Å²) < 4.78 is 26.5. The largest absolute Gasteiger partial charge is 0.352 e. The molecule has 0 fully saturated rings. The van der Waals surface area contributed by atoms with Gasteiger partial charge in [-0.15, -0.1) is 0 Å². The summed E-state index contributed by atoms with van der Waals surface area (Å²) in [5.74, 6) is -0.191. The third kappa shape index (κ3) is 4.14. The Morgan fingerprint density at radius 1 is 1.04 bits per heavy atom. The molecule has 5 nitrogen and oxygen atoms in total. The molecule has 0 bridgehead atoms. The lowest BCUT2D eigenvalue weighted by Crippen LogP contribution is -2.27. The van der Waals surface area contributed by atoms with E-state index in [0.29, 0.717) is 17.8 Å². The van der Waals surface area contributed by atoms with E-state index in [-0.39, 0.29) is 10.8 Å². The highest BCUT2D eigenvalue weighted by molar-refractivity contribution is 7.92. The lowest BCUT2D eigenvalue weighted by molar-refractivity contribution is 0.0953. The van der Waals surface area contributed by atoms with E-state index in [1.54, 1.807) is 24.3 Å². The number of hydrogen-bond acceptors (Lipinski definition) is 3. The molecular weight excluding hydrogens is 324 g/mol. The normalized spacial score (nSPS) is 11.1. The second-order valence-electron chi connectivity index (χ2n) is 5.44. The van der Waals surface area contributed by atoms with E-state index >= 15 is 0 Å². The highest BCUT2D eigenvalue weighted by atomic mass is 32.2. The fourth-order valence-electron chi connectivity index (χ4n) is 2.19. The predicted molar refractivity (Wildman–Crippen MR) is 95.7 cm³/mol. The zero-order valence-electron chi connectivity index (χ0n) is 13.9. The molecule has 0 aliphatic rings. The maximum Gasteiger partial charge on any atom is 0.264 e. The average Bonchev–Trinajstić information content (AvgIpc) is 2.62. The maximum atomic E-state index is 12.7. The third-order valence-electron chi connectivity index (χ3n) is 3.71. The summed E-state index contributed by atoms with van der Waals surface area (Å²) in [5, 5.41) is 2.81. The fraction of sp³-hybridized carbons (Fsp3) is 0.278. The van der Waals surface area contributed by atoms with E-state index in [4.69, 9.17) is 0 Å². The van der Waals surface area contributed by atoms with Gasteiger partial charge < -0.3 is 5.32 Å². The van der Waals surface area contributed by atoms with Crippen LogP contribution in [-0.2, 0) is 10.0 Å². The predicted octanol–water partition coefficient (Wildman–Crippen LogP) is 3.04. The summed E-state index contributed by atoms with van der Waals surface area (Å²) in [6, 6.07) is 14.8. The van der Waals surface area contributed by atoms with Gasteiger partial charge in [0.2, 0.25) is 0 Å². The summed E-state index contributed by atoms with van der Waals surface area (Å²) in [6.07, 6.45) is 1.92. The van der Waals surface area contributed by atoms with Gasteiger partial charge in [0, 0.05) is 19.2 Å². The zero-order valence-corrected chi connectivity index (χ0v) is 14.7. The molecule has 6 heteroatoms. The van der Waals surface area contributed by atoms with E-state index in [2.05, 4.69) is 12.2 Å². The number of hydrogen-bond donors (Lipinski definition) is 1. The van der Waals surface area contributed by atoms with Crippen molar-refractivity contribution in [1.29, 1.82) is 0 Å². The van der Waals surface area contributed by atoms with E-state index in [1.807, 2.05) is 6.07 Å². The Kier molecular flexibility index (Phi) is 5.98. The lowest BCUT2D eigenvalue weighted by atomic mass is 10.2. The first-order valence-corrected chi connectivity index (χ1v) is 9.33. The molecule has 2 aromatic carbocycles. The van der Waals surface area contributed by atoms with Crippen molar-refractivity contribution in [2.24, 2.45) is 0 Å². The second kappa shape index (κ2) is 7.97. The second-order valence-corrected chi connectivity index (χ2v) is 7.41. The van der Waals surface area contributed by atoms with Gasteiger partial charge in [-0.25, -0.2) is 8.42 Å². The van der Waals surface area contributed by atoms with Gasteiger partial charge in [-0.3, -0.25) is 9.10 Å². The van der Waals surface area contributed by atoms with Gasteiger partial charge in [0.05, 0.1) is 10.6 Å². The molecule has 0 radical (unpaired) electrons. The standard InChI is InChI=1S/C18H22N2O3S/c1-3-4-14-19-18(21)15-10-12-17(13-11-15)24(22,23)20(2)16-8-6-5-7-9-16/h5-13H,3-4,14H2,1-2H3,(H,19,21). The van der Waals surface area contributed by atoms with Crippen molar-refractivity contribution < 1.29 is 13.2 Å². The number of carbonyl (C=O) groups is 1. The van der Waals surface area contributed by atoms with Crippen LogP contribution in [0, 0.1) is 0 Å². The van der Waals surface area contributed by atoms with Gasteiger partial charge in [0.1, 0.15) is 0 Å². The lowest BCUT2D eigenvalue weighted by Gasteiger charge is -2.19. The number of unbranched alkanes of at least 4 members (excludes halogenated alkanes) is 1. The fourth-order valence-corrected chi connectivity index (χ4v) is 3.39. The van der Waals surface area contributed by atoms with Gasteiger partial charge in [-0.2, -0.15) is 0 Å². The Morgan fingerprint density at radius 2 is 1.67 bits per heavy atom. The highest BCUT2D eigenvalue weighted by Gasteiger charge is 2.21. The molecule has 1 N–H and O–H groups in total. The number of nitrogens with zero attached hydrogens (tertiary/aromatic N) is 1. The van der Waals surface area contributed by atoms with Gasteiger partial charge in [-0.05, 0) is 42.8 Å². The Labute approximate surface area is 143 Å². The van der Waals surface area contributed by atoms with Crippen molar-refractivity contribution in [3.8, 4) is 0 Å². The smallest absolute Gasteiger partial charge is 0.264 e. The van der Waals surface area contributed by atoms with Crippen molar-refractivity contribution in [2.75, 3.05) is 17.9 Å². The van der Waals surface area contributed by atoms with Crippen LogP contribution in [0.25, 0.3) is 0 Å². The number of nitrogens with one attached hydrogen (secondary N) is 1. The van der Waals surface area contributed by atoms with Gasteiger partial charge in [-0.1, -0.05) is 31.5 Å². The topological polar surface area (TPSA) is 66.5 Å². The van der Waals surface area contributed by atoms with Crippen LogP contribution in [0.3, 0.4) is 0 Å². The van der Waals surface area contributed by atoms with Crippen molar-refractivity contribution in [1.82, 2.24) is 5.32 Å². The van der Waals surface area contributed by atoms with Crippen LogP contribution < -0.4 is 9.62 Å². The molecule has 128 valence electrons. The minimum atomic E-state index is -3.65. The van der Waals surface area contributed by atoms with Gasteiger partial charge >= 0.3 is 0 Å². The number of rotatable bonds is 7. The molecule has 0 spiro atoms. The minimum Gasteiger partial charge on any atom is -0.352 e. The van der Waals surface area contributed by atoms with Crippen molar-refractivity contribution in [3.63, 3.8) is 0 Å².